The van der Waals surface area contributed by atoms with E-state index in [0.717, 1.165) is 24.8 Å². The van der Waals surface area contributed by atoms with Crippen LogP contribution in [-0.4, -0.2) is 13.1 Å². The molecule has 0 amide bonds. The molecule has 0 aliphatic heterocycles. The maximum atomic E-state index is 11.4. The van der Waals surface area contributed by atoms with Gasteiger partial charge in [0.05, 0.1) is 7.11 Å². The topological polar surface area (TPSA) is 26.3 Å². The molecule has 0 aromatic carbocycles. The van der Waals surface area contributed by atoms with Crippen molar-refractivity contribution < 1.29 is 9.53 Å². The molecular formula is C15H26O2. The second-order valence-electron chi connectivity index (χ2n) is 4.81. The van der Waals surface area contributed by atoms with E-state index >= 15 is 0 Å². The molecule has 0 heterocycles. The Balaban J connectivity index is 3.94. The van der Waals surface area contributed by atoms with Crippen LogP contribution in [0.25, 0.3) is 0 Å². The van der Waals surface area contributed by atoms with E-state index in [-0.39, 0.29) is 5.97 Å². The van der Waals surface area contributed by atoms with Gasteiger partial charge in [-0.2, -0.15) is 0 Å². The molecule has 0 rings (SSSR count). The molecule has 0 aliphatic carbocycles. The van der Waals surface area contributed by atoms with Crippen LogP contribution in [0.2, 0.25) is 0 Å². The number of allylic oxidation sites excluding steroid dienone is 3. The van der Waals surface area contributed by atoms with Gasteiger partial charge in [-0.1, -0.05) is 24.6 Å². The van der Waals surface area contributed by atoms with Gasteiger partial charge < -0.3 is 4.74 Å². The first kappa shape index (κ1) is 16.0. The summed E-state index contributed by atoms with van der Waals surface area (Å²) in [6, 6.07) is 0. The molecule has 1 unspecified atom stereocenters. The van der Waals surface area contributed by atoms with E-state index in [0.29, 0.717) is 5.92 Å². The largest absolute Gasteiger partial charge is 0.466 e. The fourth-order valence-electron chi connectivity index (χ4n) is 1.70. The molecule has 1 atom stereocenters. The van der Waals surface area contributed by atoms with Crippen LogP contribution >= 0.6 is 0 Å². The number of carbonyl (C=O) groups is 1. The molecule has 17 heavy (non-hydrogen) atoms. The second-order valence-corrected chi connectivity index (χ2v) is 4.81. The average molecular weight is 238 g/mol. The van der Waals surface area contributed by atoms with Gasteiger partial charge in [0.15, 0.2) is 0 Å². The van der Waals surface area contributed by atoms with Gasteiger partial charge in [-0.3, -0.25) is 0 Å². The number of hydrogen-bond acceptors (Lipinski definition) is 2. The first-order valence-corrected chi connectivity index (χ1v) is 6.38. The average Bonchev–Trinajstić information content (AvgIpc) is 2.28. The van der Waals surface area contributed by atoms with Gasteiger partial charge in [-0.15, -0.1) is 0 Å². The monoisotopic (exact) mass is 238 g/mol. The molecule has 0 saturated carbocycles. The lowest BCUT2D eigenvalue weighted by Gasteiger charge is -2.11. The minimum atomic E-state index is -0.191. The van der Waals surface area contributed by atoms with Gasteiger partial charge in [0.25, 0.3) is 0 Å². The highest BCUT2D eigenvalue weighted by Gasteiger charge is 2.10. The predicted molar refractivity (Wildman–Crippen MR) is 72.8 cm³/mol. The summed E-state index contributed by atoms with van der Waals surface area (Å²) >= 11 is 0. The zero-order valence-electron chi connectivity index (χ0n) is 11.9. The van der Waals surface area contributed by atoms with E-state index in [2.05, 4.69) is 26.8 Å². The molecule has 0 N–H and O–H groups in total. The summed E-state index contributed by atoms with van der Waals surface area (Å²) in [4.78, 5) is 11.4. The lowest BCUT2D eigenvalue weighted by atomic mass is 9.96. The molecule has 0 aromatic heterocycles. The number of rotatable bonds is 7. The zero-order valence-corrected chi connectivity index (χ0v) is 11.9. The van der Waals surface area contributed by atoms with E-state index < -0.39 is 0 Å². The molecule has 0 saturated heterocycles. The van der Waals surface area contributed by atoms with E-state index in [9.17, 15) is 4.79 Å². The summed E-state index contributed by atoms with van der Waals surface area (Å²) in [5.74, 6) is 0.453. The Kier molecular flexibility index (Phi) is 8.47. The first-order chi connectivity index (χ1) is 8.01. The fraction of sp³-hybridized carbons (Fsp3) is 0.667. The normalized spacial score (nSPS) is 13.1. The van der Waals surface area contributed by atoms with Crippen LogP contribution in [0.5, 0.6) is 0 Å². The summed E-state index contributed by atoms with van der Waals surface area (Å²) in [7, 11) is 1.43. The van der Waals surface area contributed by atoms with Gasteiger partial charge in [0, 0.05) is 5.57 Å². The minimum absolute atomic E-state index is 0.191. The van der Waals surface area contributed by atoms with Crippen LogP contribution in [0, 0.1) is 5.92 Å². The Labute approximate surface area is 106 Å². The third-order valence-corrected chi connectivity index (χ3v) is 2.91. The van der Waals surface area contributed by atoms with E-state index in [1.807, 2.05) is 13.0 Å². The van der Waals surface area contributed by atoms with Crippen LogP contribution in [0.3, 0.4) is 0 Å². The van der Waals surface area contributed by atoms with Gasteiger partial charge in [-0.05, 0) is 52.4 Å². The van der Waals surface area contributed by atoms with E-state index in [1.54, 1.807) is 0 Å². The Hall–Kier alpha value is -1.05. The van der Waals surface area contributed by atoms with Crippen molar-refractivity contribution in [2.45, 2.75) is 53.4 Å². The van der Waals surface area contributed by atoms with Crippen molar-refractivity contribution in [3.8, 4) is 0 Å². The Morgan fingerprint density at radius 1 is 1.29 bits per heavy atom. The summed E-state index contributed by atoms with van der Waals surface area (Å²) < 4.78 is 4.73. The van der Waals surface area contributed by atoms with Crippen molar-refractivity contribution in [3.63, 3.8) is 0 Å². The van der Waals surface area contributed by atoms with Crippen LogP contribution in [0.1, 0.15) is 53.4 Å². The Morgan fingerprint density at radius 2 is 1.94 bits per heavy atom. The van der Waals surface area contributed by atoms with Crippen molar-refractivity contribution in [1.82, 2.24) is 0 Å². The lowest BCUT2D eigenvalue weighted by molar-refractivity contribution is -0.136. The molecule has 0 radical (unpaired) electrons. The summed E-state index contributed by atoms with van der Waals surface area (Å²) in [6.45, 7) is 8.38. The molecule has 0 aliphatic rings. The highest BCUT2D eigenvalue weighted by atomic mass is 16.5. The smallest absolute Gasteiger partial charge is 0.333 e. The van der Waals surface area contributed by atoms with Crippen molar-refractivity contribution in [3.05, 3.63) is 23.3 Å². The van der Waals surface area contributed by atoms with Crippen molar-refractivity contribution >= 4 is 5.97 Å². The Morgan fingerprint density at radius 3 is 2.41 bits per heavy atom. The van der Waals surface area contributed by atoms with Crippen molar-refractivity contribution in [2.75, 3.05) is 7.11 Å². The molecular weight excluding hydrogens is 212 g/mol. The second kappa shape index (κ2) is 9.03. The molecule has 0 aromatic rings. The van der Waals surface area contributed by atoms with Gasteiger partial charge in [0.1, 0.15) is 0 Å². The number of ether oxygens (including phenoxy) is 1. The van der Waals surface area contributed by atoms with Gasteiger partial charge in [-0.25, -0.2) is 4.79 Å². The fourth-order valence-corrected chi connectivity index (χ4v) is 1.70. The van der Waals surface area contributed by atoms with Crippen LogP contribution in [0.4, 0.5) is 0 Å². The maximum absolute atomic E-state index is 11.4. The highest BCUT2D eigenvalue weighted by Crippen LogP contribution is 2.18. The summed E-state index contributed by atoms with van der Waals surface area (Å²) in [5.41, 5.74) is 2.17. The Bertz CT molecular complexity index is 283. The predicted octanol–water partition coefficient (Wildman–Crippen LogP) is 4.27. The maximum Gasteiger partial charge on any atom is 0.333 e. The number of esters is 1. The zero-order chi connectivity index (χ0) is 13.3. The molecule has 0 fully saturated rings. The summed E-state index contributed by atoms with van der Waals surface area (Å²) in [6.07, 6.45) is 8.31. The highest BCUT2D eigenvalue weighted by molar-refractivity contribution is 5.88. The molecule has 0 spiro atoms. The van der Waals surface area contributed by atoms with Gasteiger partial charge in [0.2, 0.25) is 0 Å². The molecule has 0 bridgehead atoms. The minimum Gasteiger partial charge on any atom is -0.466 e. The van der Waals surface area contributed by atoms with Crippen LogP contribution in [0.15, 0.2) is 23.3 Å². The van der Waals surface area contributed by atoms with Gasteiger partial charge >= 0.3 is 5.97 Å². The van der Waals surface area contributed by atoms with Crippen molar-refractivity contribution in [2.24, 2.45) is 5.92 Å². The third-order valence-electron chi connectivity index (χ3n) is 2.91. The standard InChI is InChI=1S/C15H26O2/c1-6-14(15(16)17-5)11-10-13(4)9-7-8-12(2)3/h6,8,13H,7,9-11H2,1-5H3/b14-6+. The van der Waals surface area contributed by atoms with E-state index in [1.165, 1.54) is 19.1 Å². The van der Waals surface area contributed by atoms with E-state index in [4.69, 9.17) is 4.74 Å². The number of carbonyl (C=O) groups excluding carboxylic acids is 1. The first-order valence-electron chi connectivity index (χ1n) is 6.38. The molecule has 98 valence electrons. The van der Waals surface area contributed by atoms with Crippen LogP contribution < -0.4 is 0 Å². The van der Waals surface area contributed by atoms with Crippen LogP contribution in [-0.2, 0) is 9.53 Å². The lowest BCUT2D eigenvalue weighted by Crippen LogP contribution is -2.06. The SMILES string of the molecule is C/C=C(\CCC(C)CCC=C(C)C)C(=O)OC. The third kappa shape index (κ3) is 7.78. The number of hydrogen-bond donors (Lipinski definition) is 0. The molecule has 2 heteroatoms. The van der Waals surface area contributed by atoms with Crippen molar-refractivity contribution in [1.29, 1.82) is 0 Å². The quantitative estimate of drug-likeness (QED) is 0.376. The summed E-state index contributed by atoms with van der Waals surface area (Å²) in [5, 5.41) is 0. The number of methoxy groups -OCH3 is 1. The molecule has 2 nitrogen and oxygen atoms in total.